The number of hydrogen-bond donors (Lipinski definition) is 0. The van der Waals surface area contributed by atoms with Crippen molar-refractivity contribution >= 4 is 5.69 Å². The van der Waals surface area contributed by atoms with Crippen LogP contribution in [-0.4, -0.2) is 4.98 Å². The monoisotopic (exact) mass is 152 g/mol. The molecule has 0 saturated heterocycles. The summed E-state index contributed by atoms with van der Waals surface area (Å²) in [6, 6.07) is 1.46. The molecular formula is C6H5FN4. The first-order chi connectivity index (χ1) is 5.25. The van der Waals surface area contributed by atoms with Crippen LogP contribution in [0.1, 0.15) is 5.56 Å². The largest absolute Gasteiger partial charge is 0.228 e. The molecule has 1 rings (SSSR count). The third-order valence-corrected chi connectivity index (χ3v) is 1.27. The van der Waals surface area contributed by atoms with Gasteiger partial charge in [-0.2, -0.15) is 4.39 Å². The molecule has 0 aromatic carbocycles. The van der Waals surface area contributed by atoms with Gasteiger partial charge in [-0.15, -0.1) is 0 Å². The first-order valence-corrected chi connectivity index (χ1v) is 2.92. The minimum Gasteiger partial charge on any atom is -0.228 e. The number of hydrogen-bond acceptors (Lipinski definition) is 2. The van der Waals surface area contributed by atoms with Gasteiger partial charge >= 0.3 is 0 Å². The number of azide groups is 1. The number of nitrogens with zero attached hydrogens (tertiary/aromatic N) is 4. The van der Waals surface area contributed by atoms with Crippen molar-refractivity contribution in [3.8, 4) is 0 Å². The summed E-state index contributed by atoms with van der Waals surface area (Å²) in [5.74, 6) is -0.602. The molecule has 0 aliphatic rings. The molecule has 1 heterocycles. The average molecular weight is 152 g/mol. The Morgan fingerprint density at radius 2 is 2.45 bits per heavy atom. The van der Waals surface area contributed by atoms with Gasteiger partial charge in [0.15, 0.2) is 0 Å². The molecule has 0 unspecified atom stereocenters. The molecule has 0 amide bonds. The Kier molecular flexibility index (Phi) is 2.03. The molecule has 11 heavy (non-hydrogen) atoms. The number of rotatable bonds is 1. The van der Waals surface area contributed by atoms with Gasteiger partial charge in [0.1, 0.15) is 0 Å². The highest BCUT2D eigenvalue weighted by Gasteiger charge is 2.00. The zero-order valence-electron chi connectivity index (χ0n) is 5.82. The van der Waals surface area contributed by atoms with Crippen LogP contribution in [0.25, 0.3) is 10.4 Å². The quantitative estimate of drug-likeness (QED) is 0.264. The Hall–Kier alpha value is -1.61. The van der Waals surface area contributed by atoms with Gasteiger partial charge in [-0.3, -0.25) is 0 Å². The molecule has 56 valence electrons. The van der Waals surface area contributed by atoms with Crippen molar-refractivity contribution in [3.63, 3.8) is 0 Å². The zero-order chi connectivity index (χ0) is 8.27. The fourth-order valence-corrected chi connectivity index (χ4v) is 0.657. The van der Waals surface area contributed by atoms with Crippen LogP contribution >= 0.6 is 0 Å². The Morgan fingerprint density at radius 1 is 1.73 bits per heavy atom. The molecule has 0 aliphatic carbocycles. The summed E-state index contributed by atoms with van der Waals surface area (Å²) in [5, 5.41) is 3.27. The summed E-state index contributed by atoms with van der Waals surface area (Å²) in [4.78, 5) is 5.91. The molecule has 0 radical (unpaired) electrons. The van der Waals surface area contributed by atoms with E-state index < -0.39 is 5.95 Å². The lowest BCUT2D eigenvalue weighted by Gasteiger charge is -1.96. The van der Waals surface area contributed by atoms with Crippen LogP contribution in [0.3, 0.4) is 0 Å². The van der Waals surface area contributed by atoms with E-state index in [1.165, 1.54) is 19.2 Å². The summed E-state index contributed by atoms with van der Waals surface area (Å²) >= 11 is 0. The molecule has 0 fully saturated rings. The second-order valence-corrected chi connectivity index (χ2v) is 1.94. The van der Waals surface area contributed by atoms with Gasteiger partial charge < -0.3 is 0 Å². The molecule has 0 atom stereocenters. The fourth-order valence-electron chi connectivity index (χ4n) is 0.657. The third kappa shape index (κ3) is 1.45. The van der Waals surface area contributed by atoms with Crippen molar-refractivity contribution in [3.05, 3.63) is 34.2 Å². The van der Waals surface area contributed by atoms with E-state index in [2.05, 4.69) is 15.0 Å². The van der Waals surface area contributed by atoms with E-state index in [0.717, 1.165) is 0 Å². The number of aromatic nitrogens is 1. The van der Waals surface area contributed by atoms with Crippen LogP contribution < -0.4 is 0 Å². The molecule has 0 spiro atoms. The highest BCUT2D eigenvalue weighted by atomic mass is 19.1. The topological polar surface area (TPSA) is 61.7 Å². The predicted molar refractivity (Wildman–Crippen MR) is 37.7 cm³/mol. The maximum atomic E-state index is 12.6. The van der Waals surface area contributed by atoms with Crippen molar-refractivity contribution < 1.29 is 4.39 Å². The molecular weight excluding hydrogens is 147 g/mol. The van der Waals surface area contributed by atoms with Gasteiger partial charge in [0.2, 0.25) is 5.95 Å². The van der Waals surface area contributed by atoms with E-state index in [0.29, 0.717) is 0 Å². The van der Waals surface area contributed by atoms with Gasteiger partial charge in [-0.25, -0.2) is 4.98 Å². The first-order valence-electron chi connectivity index (χ1n) is 2.92. The number of pyridine rings is 1. The van der Waals surface area contributed by atoms with Crippen molar-refractivity contribution in [2.45, 2.75) is 6.92 Å². The van der Waals surface area contributed by atoms with Gasteiger partial charge in [0.05, 0.1) is 0 Å². The van der Waals surface area contributed by atoms with E-state index >= 15 is 0 Å². The van der Waals surface area contributed by atoms with E-state index in [1.807, 2.05) is 0 Å². The Morgan fingerprint density at radius 3 is 3.09 bits per heavy atom. The van der Waals surface area contributed by atoms with Crippen LogP contribution in [0.15, 0.2) is 17.4 Å². The molecule has 0 N–H and O–H groups in total. The molecule has 4 nitrogen and oxygen atoms in total. The van der Waals surface area contributed by atoms with Gasteiger partial charge in [0.25, 0.3) is 0 Å². The lowest BCUT2D eigenvalue weighted by molar-refractivity contribution is 0.575. The van der Waals surface area contributed by atoms with Gasteiger partial charge in [-0.1, -0.05) is 5.11 Å². The highest BCUT2D eigenvalue weighted by Crippen LogP contribution is 2.18. The Balaban J connectivity index is 3.26. The predicted octanol–water partition coefficient (Wildman–Crippen LogP) is 2.47. The molecule has 0 aliphatic heterocycles. The fraction of sp³-hybridized carbons (Fsp3) is 0.167. The highest BCUT2D eigenvalue weighted by molar-refractivity contribution is 5.42. The SMILES string of the molecule is Cc1c(N=[N+]=[N-])ccnc1F. The number of halogens is 1. The normalized spacial score (nSPS) is 8.91. The zero-order valence-corrected chi connectivity index (χ0v) is 5.82. The molecule has 0 saturated carbocycles. The summed E-state index contributed by atoms with van der Waals surface area (Å²) < 4.78 is 12.6. The van der Waals surface area contributed by atoms with Crippen LogP contribution in [0.4, 0.5) is 10.1 Å². The first kappa shape index (κ1) is 7.50. The molecule has 1 aromatic rings. The summed E-state index contributed by atoms with van der Waals surface area (Å²) in [7, 11) is 0. The van der Waals surface area contributed by atoms with Crippen LogP contribution in [0, 0.1) is 12.9 Å². The maximum absolute atomic E-state index is 12.6. The average Bonchev–Trinajstić information content (AvgIpc) is 1.99. The van der Waals surface area contributed by atoms with Gasteiger partial charge in [-0.05, 0) is 18.5 Å². The summed E-state index contributed by atoms with van der Waals surface area (Å²) in [5.41, 5.74) is 8.60. The molecule has 1 aromatic heterocycles. The van der Waals surface area contributed by atoms with Crippen molar-refractivity contribution in [1.29, 1.82) is 0 Å². The minimum absolute atomic E-state index is 0.269. The molecule has 5 heteroatoms. The van der Waals surface area contributed by atoms with Crippen LogP contribution in [-0.2, 0) is 0 Å². The second-order valence-electron chi connectivity index (χ2n) is 1.94. The van der Waals surface area contributed by atoms with Crippen molar-refractivity contribution in [2.24, 2.45) is 5.11 Å². The Labute approximate surface area is 62.3 Å². The maximum Gasteiger partial charge on any atom is 0.216 e. The van der Waals surface area contributed by atoms with Crippen molar-refractivity contribution in [2.75, 3.05) is 0 Å². The smallest absolute Gasteiger partial charge is 0.216 e. The van der Waals surface area contributed by atoms with Crippen molar-refractivity contribution in [1.82, 2.24) is 4.98 Å². The second kappa shape index (κ2) is 2.98. The third-order valence-electron chi connectivity index (χ3n) is 1.27. The lowest BCUT2D eigenvalue weighted by Crippen LogP contribution is -1.85. The lowest BCUT2D eigenvalue weighted by atomic mass is 10.3. The van der Waals surface area contributed by atoms with Gasteiger partial charge in [0, 0.05) is 22.4 Å². The van der Waals surface area contributed by atoms with E-state index in [4.69, 9.17) is 5.53 Å². The molecule has 0 bridgehead atoms. The van der Waals surface area contributed by atoms with E-state index in [1.54, 1.807) is 0 Å². The van der Waals surface area contributed by atoms with E-state index in [-0.39, 0.29) is 11.3 Å². The minimum atomic E-state index is -0.602. The summed E-state index contributed by atoms with van der Waals surface area (Å²) in [6.45, 7) is 1.51. The standard InChI is InChI=1S/C6H5FN4/c1-4-5(10-11-8)2-3-9-6(4)7/h2-3H,1H3. The van der Waals surface area contributed by atoms with Crippen LogP contribution in [0.5, 0.6) is 0 Å². The Bertz CT molecular complexity index is 316. The summed E-state index contributed by atoms with van der Waals surface area (Å²) in [6.07, 6.45) is 1.26. The van der Waals surface area contributed by atoms with E-state index in [9.17, 15) is 4.39 Å². The van der Waals surface area contributed by atoms with Crippen LogP contribution in [0.2, 0.25) is 0 Å².